The van der Waals surface area contributed by atoms with Gasteiger partial charge < -0.3 is 4.90 Å². The molecule has 4 rings (SSSR count). The van der Waals surface area contributed by atoms with Gasteiger partial charge in [-0.1, -0.05) is 29.0 Å². The number of aryl methyl sites for hydroxylation is 2. The molecule has 1 saturated heterocycles. The predicted octanol–water partition coefficient (Wildman–Crippen LogP) is 4.58. The Labute approximate surface area is 177 Å². The number of nitrogens with one attached hydrogen (secondary N) is 1. The molecule has 8 heteroatoms. The van der Waals surface area contributed by atoms with E-state index in [1.165, 1.54) is 11.3 Å². The molecule has 1 atom stereocenters. The maximum atomic E-state index is 12.5. The molecule has 1 aliphatic heterocycles. The van der Waals surface area contributed by atoms with Gasteiger partial charge in [0.1, 0.15) is 5.01 Å². The lowest BCUT2D eigenvalue weighted by Gasteiger charge is -2.16. The van der Waals surface area contributed by atoms with Crippen LogP contribution in [-0.2, 0) is 4.79 Å². The van der Waals surface area contributed by atoms with Gasteiger partial charge >= 0.3 is 0 Å². The molecule has 0 radical (unpaired) electrons. The summed E-state index contributed by atoms with van der Waals surface area (Å²) in [6, 6.07) is 12.8. The lowest BCUT2D eigenvalue weighted by Crippen LogP contribution is -2.24. The van der Waals surface area contributed by atoms with Gasteiger partial charge in [0.25, 0.3) is 5.91 Å². The van der Waals surface area contributed by atoms with Crippen molar-refractivity contribution in [3.8, 4) is 0 Å². The zero-order valence-corrected chi connectivity index (χ0v) is 17.5. The van der Waals surface area contributed by atoms with Crippen molar-refractivity contribution < 1.29 is 9.59 Å². The summed E-state index contributed by atoms with van der Waals surface area (Å²) in [4.78, 5) is 26.7. The lowest BCUT2D eigenvalue weighted by molar-refractivity contribution is -0.117. The summed E-state index contributed by atoms with van der Waals surface area (Å²) in [5, 5.41) is 12.9. The molecule has 1 N–H and O–H groups in total. The molecule has 0 bridgehead atoms. The second-order valence-electron chi connectivity index (χ2n) is 7.08. The van der Waals surface area contributed by atoms with Crippen LogP contribution in [0.15, 0.2) is 42.5 Å². The SMILES string of the molecule is Cc1ccc(C(=O)Nc2nnc(C3CC(=O)N(c4ccc(Cl)cc4)C3)s2)cc1C. The smallest absolute Gasteiger partial charge is 0.257 e. The lowest BCUT2D eigenvalue weighted by atomic mass is 10.1. The van der Waals surface area contributed by atoms with Crippen LogP contribution in [0.2, 0.25) is 5.02 Å². The molecular weight excluding hydrogens is 408 g/mol. The van der Waals surface area contributed by atoms with Gasteiger partial charge in [0, 0.05) is 35.2 Å². The molecule has 0 aliphatic carbocycles. The second-order valence-corrected chi connectivity index (χ2v) is 8.53. The van der Waals surface area contributed by atoms with Gasteiger partial charge in [0.15, 0.2) is 0 Å². The number of carbonyl (C=O) groups excluding carboxylic acids is 2. The van der Waals surface area contributed by atoms with E-state index >= 15 is 0 Å². The molecule has 1 aromatic heterocycles. The molecule has 148 valence electrons. The summed E-state index contributed by atoms with van der Waals surface area (Å²) in [7, 11) is 0. The van der Waals surface area contributed by atoms with E-state index in [1.54, 1.807) is 23.1 Å². The molecule has 0 spiro atoms. The number of amides is 2. The molecule has 1 unspecified atom stereocenters. The van der Waals surface area contributed by atoms with Crippen LogP contribution in [-0.4, -0.2) is 28.6 Å². The topological polar surface area (TPSA) is 75.2 Å². The molecule has 2 aromatic carbocycles. The second kappa shape index (κ2) is 7.93. The van der Waals surface area contributed by atoms with Gasteiger partial charge in [-0.15, -0.1) is 10.2 Å². The molecule has 2 amide bonds. The first-order chi connectivity index (χ1) is 13.9. The molecular formula is C21H19ClN4O2S. The van der Waals surface area contributed by atoms with Gasteiger partial charge in [0.05, 0.1) is 0 Å². The number of halogens is 1. The van der Waals surface area contributed by atoms with Gasteiger partial charge in [0.2, 0.25) is 11.0 Å². The van der Waals surface area contributed by atoms with Crippen LogP contribution in [0.25, 0.3) is 0 Å². The highest BCUT2D eigenvalue weighted by molar-refractivity contribution is 7.15. The Kier molecular flexibility index (Phi) is 5.34. The van der Waals surface area contributed by atoms with Crippen molar-refractivity contribution in [2.24, 2.45) is 0 Å². The fourth-order valence-corrected chi connectivity index (χ4v) is 4.20. The Balaban J connectivity index is 1.45. The van der Waals surface area contributed by atoms with Crippen molar-refractivity contribution in [2.45, 2.75) is 26.2 Å². The normalized spacial score (nSPS) is 16.3. The van der Waals surface area contributed by atoms with E-state index < -0.39 is 0 Å². The van der Waals surface area contributed by atoms with Crippen molar-refractivity contribution in [2.75, 3.05) is 16.8 Å². The summed E-state index contributed by atoms with van der Waals surface area (Å²) >= 11 is 7.24. The maximum absolute atomic E-state index is 12.5. The Hall–Kier alpha value is -2.77. The predicted molar refractivity (Wildman–Crippen MR) is 115 cm³/mol. The van der Waals surface area contributed by atoms with Crippen LogP contribution in [0.1, 0.15) is 38.8 Å². The average molecular weight is 427 g/mol. The van der Waals surface area contributed by atoms with E-state index in [1.807, 2.05) is 38.1 Å². The van der Waals surface area contributed by atoms with Crippen LogP contribution in [0.5, 0.6) is 0 Å². The Morgan fingerprint density at radius 3 is 2.62 bits per heavy atom. The van der Waals surface area contributed by atoms with Gasteiger partial charge in [-0.3, -0.25) is 14.9 Å². The molecule has 1 fully saturated rings. The minimum Gasteiger partial charge on any atom is -0.312 e. The Morgan fingerprint density at radius 1 is 1.14 bits per heavy atom. The van der Waals surface area contributed by atoms with E-state index in [9.17, 15) is 9.59 Å². The molecule has 1 aliphatic rings. The van der Waals surface area contributed by atoms with Crippen LogP contribution in [0.3, 0.4) is 0 Å². The monoisotopic (exact) mass is 426 g/mol. The summed E-state index contributed by atoms with van der Waals surface area (Å²) in [6.07, 6.45) is 0.363. The molecule has 3 aromatic rings. The summed E-state index contributed by atoms with van der Waals surface area (Å²) < 4.78 is 0. The van der Waals surface area contributed by atoms with E-state index in [0.29, 0.717) is 28.7 Å². The van der Waals surface area contributed by atoms with E-state index in [0.717, 1.165) is 21.8 Å². The number of rotatable bonds is 4. The standard InChI is InChI=1S/C21H19ClN4O2S/c1-12-3-4-14(9-13(12)2)19(28)23-21-25-24-20(29-21)15-10-18(27)26(11-15)17-7-5-16(22)6-8-17/h3-9,15H,10-11H2,1-2H3,(H,23,25,28). The number of aromatic nitrogens is 2. The largest absolute Gasteiger partial charge is 0.312 e. The molecule has 2 heterocycles. The van der Waals surface area contributed by atoms with Crippen molar-refractivity contribution in [3.63, 3.8) is 0 Å². The highest BCUT2D eigenvalue weighted by Crippen LogP contribution is 2.34. The van der Waals surface area contributed by atoms with E-state index in [4.69, 9.17) is 11.6 Å². The van der Waals surface area contributed by atoms with Crippen molar-refractivity contribution in [1.82, 2.24) is 10.2 Å². The third-order valence-electron chi connectivity index (χ3n) is 5.04. The third-order valence-corrected chi connectivity index (χ3v) is 6.30. The Bertz CT molecular complexity index is 1080. The molecule has 0 saturated carbocycles. The van der Waals surface area contributed by atoms with Gasteiger partial charge in [-0.2, -0.15) is 0 Å². The highest BCUT2D eigenvalue weighted by atomic mass is 35.5. The van der Waals surface area contributed by atoms with Crippen molar-refractivity contribution >= 4 is 45.6 Å². The van der Waals surface area contributed by atoms with Crippen LogP contribution in [0, 0.1) is 13.8 Å². The summed E-state index contributed by atoms with van der Waals surface area (Å²) in [5.74, 6) is -0.239. The van der Waals surface area contributed by atoms with Crippen LogP contribution < -0.4 is 10.2 Å². The average Bonchev–Trinajstić information content (AvgIpc) is 3.31. The first-order valence-corrected chi connectivity index (χ1v) is 10.4. The molecule has 29 heavy (non-hydrogen) atoms. The third kappa shape index (κ3) is 4.16. The number of benzene rings is 2. The van der Waals surface area contributed by atoms with Crippen LogP contribution in [0.4, 0.5) is 10.8 Å². The van der Waals surface area contributed by atoms with E-state index in [-0.39, 0.29) is 17.7 Å². The number of anilines is 2. The summed E-state index contributed by atoms with van der Waals surface area (Å²) in [6.45, 7) is 4.50. The fraction of sp³-hybridized carbons (Fsp3) is 0.238. The van der Waals surface area contributed by atoms with Crippen molar-refractivity contribution in [3.05, 3.63) is 69.2 Å². The zero-order valence-electron chi connectivity index (χ0n) is 16.0. The van der Waals surface area contributed by atoms with E-state index in [2.05, 4.69) is 15.5 Å². The fourth-order valence-electron chi connectivity index (χ4n) is 3.25. The molecule has 6 nitrogen and oxygen atoms in total. The minimum absolute atomic E-state index is 0.0354. The van der Waals surface area contributed by atoms with Crippen LogP contribution >= 0.6 is 22.9 Å². The highest BCUT2D eigenvalue weighted by Gasteiger charge is 2.34. The van der Waals surface area contributed by atoms with Gasteiger partial charge in [-0.25, -0.2) is 0 Å². The number of hydrogen-bond acceptors (Lipinski definition) is 5. The first-order valence-electron chi connectivity index (χ1n) is 9.18. The summed E-state index contributed by atoms with van der Waals surface area (Å²) in [5.41, 5.74) is 3.59. The number of nitrogens with zero attached hydrogens (tertiary/aromatic N) is 3. The first kappa shape index (κ1) is 19.5. The number of hydrogen-bond donors (Lipinski definition) is 1. The van der Waals surface area contributed by atoms with Crippen molar-refractivity contribution in [1.29, 1.82) is 0 Å². The van der Waals surface area contributed by atoms with Gasteiger partial charge in [-0.05, 0) is 61.4 Å². The minimum atomic E-state index is -0.221. The quantitative estimate of drug-likeness (QED) is 0.662. The maximum Gasteiger partial charge on any atom is 0.257 e. The number of carbonyl (C=O) groups is 2. The Morgan fingerprint density at radius 2 is 1.90 bits per heavy atom. The zero-order chi connectivity index (χ0) is 20.5.